The van der Waals surface area contributed by atoms with Crippen LogP contribution in [0, 0.1) is 5.82 Å². The summed E-state index contributed by atoms with van der Waals surface area (Å²) in [5.74, 6) is -0.501. The van der Waals surface area contributed by atoms with E-state index in [1.807, 2.05) is 22.7 Å². The van der Waals surface area contributed by atoms with E-state index >= 15 is 0 Å². The summed E-state index contributed by atoms with van der Waals surface area (Å²) in [6.45, 7) is 1.15. The minimum atomic E-state index is -0.568. The van der Waals surface area contributed by atoms with Crippen molar-refractivity contribution in [1.82, 2.24) is 24.1 Å². The number of carbonyl (C=O) groups excluding carboxylic acids is 2. The first-order valence-corrected chi connectivity index (χ1v) is 13.7. The van der Waals surface area contributed by atoms with Gasteiger partial charge in [-0.2, -0.15) is 5.10 Å². The Morgan fingerprint density at radius 2 is 1.77 bits per heavy atom. The van der Waals surface area contributed by atoms with Crippen LogP contribution in [0.15, 0.2) is 84.0 Å². The number of nitrogens with zero attached hydrogens (tertiary/aromatic N) is 5. The molecule has 0 radical (unpaired) electrons. The van der Waals surface area contributed by atoms with Crippen molar-refractivity contribution >= 4 is 29.0 Å². The zero-order valence-electron chi connectivity index (χ0n) is 23.2. The minimum absolute atomic E-state index is 0.0536. The SMILES string of the molecule is COC(=O)N1CCC(c2cc(-c3ccc(NC(=O)c4cccn(-c5ccc(F)cc5)c4=O)cc3)c3c(N)ncnn23)CC1. The molecule has 1 aliphatic rings. The molecular weight excluding hydrogens is 553 g/mol. The number of carbonyl (C=O) groups is 2. The van der Waals surface area contributed by atoms with E-state index in [1.54, 1.807) is 23.1 Å². The van der Waals surface area contributed by atoms with Gasteiger partial charge in [0.05, 0.1) is 7.11 Å². The number of amides is 2. The number of hydrogen-bond donors (Lipinski definition) is 2. The molecule has 1 saturated heterocycles. The van der Waals surface area contributed by atoms with Gasteiger partial charge < -0.3 is 20.7 Å². The van der Waals surface area contributed by atoms with Crippen LogP contribution in [0.4, 0.5) is 20.7 Å². The summed E-state index contributed by atoms with van der Waals surface area (Å²) in [4.78, 5) is 43.9. The molecule has 5 aromatic rings. The molecule has 0 spiro atoms. The highest BCUT2D eigenvalue weighted by Crippen LogP contribution is 2.37. The van der Waals surface area contributed by atoms with Crippen molar-refractivity contribution in [2.45, 2.75) is 18.8 Å². The third kappa shape index (κ3) is 5.30. The Balaban J connectivity index is 1.24. The van der Waals surface area contributed by atoms with Crippen LogP contribution in [-0.4, -0.2) is 56.3 Å². The molecule has 0 unspecified atom stereocenters. The number of fused-ring (bicyclic) bond motifs is 1. The summed E-state index contributed by atoms with van der Waals surface area (Å²) in [7, 11) is 1.38. The zero-order valence-corrected chi connectivity index (χ0v) is 23.2. The molecule has 0 atom stereocenters. The molecule has 1 fully saturated rings. The summed E-state index contributed by atoms with van der Waals surface area (Å²) >= 11 is 0. The summed E-state index contributed by atoms with van der Waals surface area (Å²) in [5.41, 5.74) is 10.00. The van der Waals surface area contributed by atoms with Crippen molar-refractivity contribution in [3.63, 3.8) is 0 Å². The Kier molecular flexibility index (Phi) is 7.33. The number of pyridine rings is 1. The predicted octanol–water partition coefficient (Wildman–Crippen LogP) is 4.47. The van der Waals surface area contributed by atoms with Crippen LogP contribution in [0.2, 0.25) is 0 Å². The second-order valence-corrected chi connectivity index (χ2v) is 10.2. The number of hydrogen-bond acceptors (Lipinski definition) is 7. The summed E-state index contributed by atoms with van der Waals surface area (Å²) in [6.07, 6.45) is 4.11. The third-order valence-electron chi connectivity index (χ3n) is 7.71. The molecule has 12 heteroatoms. The molecule has 218 valence electrons. The van der Waals surface area contributed by atoms with Crippen molar-refractivity contribution in [3.8, 4) is 16.8 Å². The number of ether oxygens (including phenoxy) is 1. The average molecular weight is 582 g/mol. The van der Waals surface area contributed by atoms with Crippen molar-refractivity contribution in [1.29, 1.82) is 0 Å². The number of piperidine rings is 1. The molecule has 11 nitrogen and oxygen atoms in total. The number of likely N-dealkylation sites (tertiary alicyclic amines) is 1. The van der Waals surface area contributed by atoms with Crippen molar-refractivity contribution in [2.24, 2.45) is 0 Å². The number of nitrogens with one attached hydrogen (secondary N) is 1. The van der Waals surface area contributed by atoms with Crippen molar-refractivity contribution < 1.29 is 18.7 Å². The summed E-state index contributed by atoms with van der Waals surface area (Å²) in [5, 5.41) is 7.26. The number of methoxy groups -OCH3 is 1. The van der Waals surface area contributed by atoms with Gasteiger partial charge in [0.25, 0.3) is 11.5 Å². The highest BCUT2D eigenvalue weighted by atomic mass is 19.1. The lowest BCUT2D eigenvalue weighted by Crippen LogP contribution is -2.38. The molecule has 43 heavy (non-hydrogen) atoms. The van der Waals surface area contributed by atoms with Crippen molar-refractivity contribution in [3.05, 3.63) is 107 Å². The second-order valence-electron chi connectivity index (χ2n) is 10.2. The molecule has 3 N–H and O–H groups in total. The highest BCUT2D eigenvalue weighted by molar-refractivity contribution is 6.04. The summed E-state index contributed by atoms with van der Waals surface area (Å²) < 4.78 is 21.3. The van der Waals surface area contributed by atoms with Crippen LogP contribution < -0.4 is 16.6 Å². The fourth-order valence-electron chi connectivity index (χ4n) is 5.49. The van der Waals surface area contributed by atoms with Crippen LogP contribution in [0.3, 0.4) is 0 Å². The molecule has 0 saturated carbocycles. The van der Waals surface area contributed by atoms with E-state index in [-0.39, 0.29) is 17.6 Å². The zero-order chi connectivity index (χ0) is 30.1. The Labute approximate surface area is 245 Å². The Morgan fingerprint density at radius 3 is 2.47 bits per heavy atom. The maximum Gasteiger partial charge on any atom is 0.409 e. The van der Waals surface area contributed by atoms with Crippen LogP contribution in [-0.2, 0) is 4.74 Å². The van der Waals surface area contributed by atoms with Gasteiger partial charge in [-0.05, 0) is 73.0 Å². The average Bonchev–Trinajstić information content (AvgIpc) is 3.43. The molecular formula is C31H28FN7O4. The standard InChI is InChI=1S/C31H28FN7O4/c1-43-31(42)37-15-12-20(13-16-37)26-17-25(27-28(33)34-18-35-39(26)27)19-4-8-22(9-5-19)36-29(40)24-3-2-14-38(30(24)41)23-10-6-21(32)7-11-23/h2-11,14,17-18,20H,12-13,15-16H2,1H3,(H,36,40)(H2,33,34,35). The smallest absolute Gasteiger partial charge is 0.409 e. The molecule has 6 rings (SSSR count). The molecule has 4 heterocycles. The monoisotopic (exact) mass is 581 g/mol. The van der Waals surface area contributed by atoms with Gasteiger partial charge in [0.1, 0.15) is 23.2 Å². The topological polar surface area (TPSA) is 137 Å². The Hall–Kier alpha value is -5.52. The lowest BCUT2D eigenvalue weighted by Gasteiger charge is -2.30. The number of halogens is 1. The van der Waals surface area contributed by atoms with Gasteiger partial charge in [-0.3, -0.25) is 14.2 Å². The van der Waals surface area contributed by atoms with E-state index in [1.165, 1.54) is 54.5 Å². The number of aromatic nitrogens is 4. The van der Waals surface area contributed by atoms with Gasteiger partial charge in [0, 0.05) is 47.8 Å². The van der Waals surface area contributed by atoms with Gasteiger partial charge in [-0.15, -0.1) is 0 Å². The lowest BCUT2D eigenvalue weighted by atomic mass is 9.93. The fourth-order valence-corrected chi connectivity index (χ4v) is 5.49. The first-order valence-electron chi connectivity index (χ1n) is 13.7. The number of benzene rings is 2. The number of nitrogen functional groups attached to an aromatic ring is 1. The molecule has 0 bridgehead atoms. The molecule has 1 aliphatic heterocycles. The van der Waals surface area contributed by atoms with E-state index in [0.717, 1.165) is 29.7 Å². The van der Waals surface area contributed by atoms with E-state index in [4.69, 9.17) is 10.5 Å². The van der Waals surface area contributed by atoms with Crippen LogP contribution >= 0.6 is 0 Å². The van der Waals surface area contributed by atoms with Gasteiger partial charge in [-0.1, -0.05) is 12.1 Å². The predicted molar refractivity (Wildman–Crippen MR) is 159 cm³/mol. The Morgan fingerprint density at radius 1 is 1.05 bits per heavy atom. The Bertz CT molecular complexity index is 1880. The van der Waals surface area contributed by atoms with Crippen LogP contribution in [0.1, 0.15) is 34.8 Å². The van der Waals surface area contributed by atoms with Gasteiger partial charge in [-0.25, -0.2) is 18.7 Å². The first-order chi connectivity index (χ1) is 20.8. The van der Waals surface area contributed by atoms with E-state index in [2.05, 4.69) is 15.4 Å². The third-order valence-corrected chi connectivity index (χ3v) is 7.71. The maximum atomic E-state index is 13.3. The lowest BCUT2D eigenvalue weighted by molar-refractivity contribution is 0.102. The van der Waals surface area contributed by atoms with Crippen LogP contribution in [0.5, 0.6) is 0 Å². The first kappa shape index (κ1) is 27.6. The largest absolute Gasteiger partial charge is 0.453 e. The second kappa shape index (κ2) is 11.4. The quantitative estimate of drug-likeness (QED) is 0.313. The van der Waals surface area contributed by atoms with Crippen molar-refractivity contribution in [2.75, 3.05) is 31.2 Å². The molecule has 3 aromatic heterocycles. The maximum absolute atomic E-state index is 13.3. The number of nitrogens with two attached hydrogens (primary N) is 1. The van der Waals surface area contributed by atoms with E-state index in [9.17, 15) is 18.8 Å². The normalized spacial score (nSPS) is 13.7. The minimum Gasteiger partial charge on any atom is -0.453 e. The summed E-state index contributed by atoms with van der Waals surface area (Å²) in [6, 6.07) is 17.7. The van der Waals surface area contributed by atoms with Crippen LogP contribution in [0.25, 0.3) is 22.3 Å². The number of rotatable bonds is 5. The van der Waals surface area contributed by atoms with E-state index in [0.29, 0.717) is 35.8 Å². The number of anilines is 2. The van der Waals surface area contributed by atoms with E-state index < -0.39 is 17.3 Å². The molecule has 0 aliphatic carbocycles. The van der Waals surface area contributed by atoms with Gasteiger partial charge in [0.2, 0.25) is 0 Å². The molecule has 2 aromatic carbocycles. The molecule has 2 amide bonds. The fraction of sp³-hybridized carbons (Fsp3) is 0.194. The van der Waals surface area contributed by atoms with Gasteiger partial charge >= 0.3 is 6.09 Å². The highest BCUT2D eigenvalue weighted by Gasteiger charge is 2.28. The van der Waals surface area contributed by atoms with Gasteiger partial charge in [0.15, 0.2) is 5.82 Å².